The van der Waals surface area contributed by atoms with Crippen molar-refractivity contribution in [2.75, 3.05) is 19.1 Å². The van der Waals surface area contributed by atoms with E-state index in [4.69, 9.17) is 10.5 Å². The fourth-order valence-electron chi connectivity index (χ4n) is 2.17. The van der Waals surface area contributed by atoms with Crippen LogP contribution in [0.3, 0.4) is 0 Å². The summed E-state index contributed by atoms with van der Waals surface area (Å²) in [5, 5.41) is 0. The van der Waals surface area contributed by atoms with Crippen molar-refractivity contribution in [3.63, 3.8) is 0 Å². The van der Waals surface area contributed by atoms with Gasteiger partial charge in [0, 0.05) is 19.5 Å². The van der Waals surface area contributed by atoms with Crippen LogP contribution < -0.4 is 15.4 Å². The zero-order valence-electron chi connectivity index (χ0n) is 13.0. The summed E-state index contributed by atoms with van der Waals surface area (Å²) in [4.78, 5) is 11.0. The maximum atomic E-state index is 5.86. The molecule has 0 saturated heterocycles. The second kappa shape index (κ2) is 6.54. The van der Waals surface area contributed by atoms with Crippen molar-refractivity contribution >= 4 is 11.4 Å². The summed E-state index contributed by atoms with van der Waals surface area (Å²) in [6.45, 7) is 4.51. The molecule has 0 atom stereocenters. The van der Waals surface area contributed by atoms with E-state index in [1.165, 1.54) is 0 Å². The highest BCUT2D eigenvalue weighted by atomic mass is 16.5. The summed E-state index contributed by atoms with van der Waals surface area (Å²) in [7, 11) is 3.62. The van der Waals surface area contributed by atoms with E-state index in [1.807, 2.05) is 42.4 Å². The van der Waals surface area contributed by atoms with Gasteiger partial charge in [0.15, 0.2) is 0 Å². The Morgan fingerprint density at radius 1 is 1.24 bits per heavy atom. The average molecular weight is 286 g/mol. The fraction of sp³-hybridized carbons (Fsp3) is 0.375. The van der Waals surface area contributed by atoms with Crippen LogP contribution in [0.25, 0.3) is 0 Å². The predicted molar refractivity (Wildman–Crippen MR) is 85.1 cm³/mol. The Hall–Kier alpha value is -2.14. The minimum atomic E-state index is 0.279. The molecule has 1 aromatic heterocycles. The third-order valence-corrected chi connectivity index (χ3v) is 3.38. The van der Waals surface area contributed by atoms with Crippen LogP contribution >= 0.6 is 0 Å². The van der Waals surface area contributed by atoms with Crippen LogP contribution in [0.4, 0.5) is 11.4 Å². The van der Waals surface area contributed by atoms with E-state index < -0.39 is 0 Å². The van der Waals surface area contributed by atoms with Gasteiger partial charge in [-0.05, 0) is 12.1 Å². The first-order valence-electron chi connectivity index (χ1n) is 7.01. The van der Waals surface area contributed by atoms with Gasteiger partial charge in [-0.15, -0.1) is 0 Å². The maximum absolute atomic E-state index is 5.86. The number of methoxy groups -OCH3 is 1. The molecule has 21 heavy (non-hydrogen) atoms. The van der Waals surface area contributed by atoms with Gasteiger partial charge in [-0.1, -0.05) is 26.0 Å². The Kier molecular flexibility index (Phi) is 4.75. The first-order valence-corrected chi connectivity index (χ1v) is 7.01. The van der Waals surface area contributed by atoms with Gasteiger partial charge in [0.25, 0.3) is 0 Å². The monoisotopic (exact) mass is 286 g/mol. The second-order valence-corrected chi connectivity index (χ2v) is 5.15. The lowest BCUT2D eigenvalue weighted by Crippen LogP contribution is -2.17. The zero-order valence-corrected chi connectivity index (χ0v) is 13.0. The molecule has 0 unspecified atom stereocenters. The number of hydrogen-bond acceptors (Lipinski definition) is 5. The minimum Gasteiger partial charge on any atom is -0.495 e. The van der Waals surface area contributed by atoms with Gasteiger partial charge in [0.1, 0.15) is 11.6 Å². The van der Waals surface area contributed by atoms with Gasteiger partial charge in [-0.25, -0.2) is 9.97 Å². The second-order valence-electron chi connectivity index (χ2n) is 5.15. The van der Waals surface area contributed by atoms with E-state index in [0.29, 0.717) is 6.54 Å². The van der Waals surface area contributed by atoms with E-state index >= 15 is 0 Å². The third-order valence-electron chi connectivity index (χ3n) is 3.38. The average Bonchev–Trinajstić information content (AvgIpc) is 2.53. The van der Waals surface area contributed by atoms with Crippen molar-refractivity contribution in [1.29, 1.82) is 0 Å². The number of para-hydroxylation sites is 2. The molecule has 0 spiro atoms. The summed E-state index contributed by atoms with van der Waals surface area (Å²) in [6, 6.07) is 7.84. The normalized spacial score (nSPS) is 10.8. The number of aromatic nitrogens is 2. The molecule has 0 amide bonds. The lowest BCUT2D eigenvalue weighted by molar-refractivity contribution is 0.415. The number of rotatable bonds is 5. The molecule has 0 saturated carbocycles. The molecule has 1 aromatic carbocycles. The summed E-state index contributed by atoms with van der Waals surface area (Å²) in [5.41, 5.74) is 8.54. The van der Waals surface area contributed by atoms with Crippen LogP contribution in [0.1, 0.15) is 31.3 Å². The SMILES string of the molecule is COc1ccccc1N(C)c1cnc(C(C)C)nc1CN. The number of nitrogens with zero attached hydrogens (tertiary/aromatic N) is 3. The third kappa shape index (κ3) is 3.13. The highest BCUT2D eigenvalue weighted by Gasteiger charge is 2.15. The molecular weight excluding hydrogens is 264 g/mol. The topological polar surface area (TPSA) is 64.3 Å². The first-order chi connectivity index (χ1) is 10.1. The Balaban J connectivity index is 2.45. The number of benzene rings is 1. The highest BCUT2D eigenvalue weighted by Crippen LogP contribution is 2.33. The van der Waals surface area contributed by atoms with Gasteiger partial charge in [0.2, 0.25) is 0 Å². The number of hydrogen-bond donors (Lipinski definition) is 1. The van der Waals surface area contributed by atoms with Crippen LogP contribution in [0.15, 0.2) is 30.5 Å². The van der Waals surface area contributed by atoms with E-state index in [1.54, 1.807) is 7.11 Å². The van der Waals surface area contributed by atoms with Gasteiger partial charge >= 0.3 is 0 Å². The molecule has 0 aliphatic heterocycles. The molecule has 0 aliphatic carbocycles. The molecule has 0 bridgehead atoms. The lowest BCUT2D eigenvalue weighted by atomic mass is 10.2. The molecule has 2 N–H and O–H groups in total. The zero-order chi connectivity index (χ0) is 15.4. The summed E-state index contributed by atoms with van der Waals surface area (Å²) in [5.74, 6) is 1.89. The molecule has 5 heteroatoms. The Morgan fingerprint density at radius 3 is 2.57 bits per heavy atom. The van der Waals surface area contributed by atoms with Crippen LogP contribution in [-0.2, 0) is 6.54 Å². The molecule has 0 radical (unpaired) electrons. The summed E-state index contributed by atoms with van der Waals surface area (Å²) >= 11 is 0. The van der Waals surface area contributed by atoms with Crippen molar-refractivity contribution in [3.05, 3.63) is 42.0 Å². The molecule has 5 nitrogen and oxygen atoms in total. The largest absolute Gasteiger partial charge is 0.495 e. The number of anilines is 2. The molecule has 112 valence electrons. The van der Waals surface area contributed by atoms with Gasteiger partial charge in [-0.2, -0.15) is 0 Å². The smallest absolute Gasteiger partial charge is 0.142 e. The Labute approximate surface area is 125 Å². The van der Waals surface area contributed by atoms with E-state index in [9.17, 15) is 0 Å². The van der Waals surface area contributed by atoms with Crippen LogP contribution in [0, 0.1) is 0 Å². The van der Waals surface area contributed by atoms with Gasteiger partial charge in [0.05, 0.1) is 30.4 Å². The molecule has 2 rings (SSSR count). The predicted octanol–water partition coefficient (Wildman–Crippen LogP) is 2.84. The van der Waals surface area contributed by atoms with Crippen molar-refractivity contribution < 1.29 is 4.74 Å². The lowest BCUT2D eigenvalue weighted by Gasteiger charge is -2.23. The van der Waals surface area contributed by atoms with E-state index in [0.717, 1.165) is 28.6 Å². The first kappa shape index (κ1) is 15.3. The molecule has 0 fully saturated rings. The molecule has 0 aliphatic rings. The fourth-order valence-corrected chi connectivity index (χ4v) is 2.17. The molecule has 1 heterocycles. The van der Waals surface area contributed by atoms with Crippen LogP contribution in [0.2, 0.25) is 0 Å². The van der Waals surface area contributed by atoms with Crippen molar-refractivity contribution in [1.82, 2.24) is 9.97 Å². The molecule has 2 aromatic rings. The Morgan fingerprint density at radius 2 is 1.95 bits per heavy atom. The van der Waals surface area contributed by atoms with Gasteiger partial charge < -0.3 is 15.4 Å². The van der Waals surface area contributed by atoms with Crippen molar-refractivity contribution in [2.24, 2.45) is 5.73 Å². The van der Waals surface area contributed by atoms with Crippen molar-refractivity contribution in [3.8, 4) is 5.75 Å². The van der Waals surface area contributed by atoms with E-state index in [-0.39, 0.29) is 5.92 Å². The standard InChI is InChI=1S/C16H22N4O/c1-11(2)16-18-10-14(12(9-17)19-16)20(3)13-7-5-6-8-15(13)21-4/h5-8,10-11H,9,17H2,1-4H3. The maximum Gasteiger partial charge on any atom is 0.142 e. The highest BCUT2D eigenvalue weighted by molar-refractivity contribution is 5.69. The number of nitrogens with two attached hydrogens (primary N) is 1. The summed E-state index contributed by atoms with van der Waals surface area (Å²) < 4.78 is 5.41. The van der Waals surface area contributed by atoms with Crippen molar-refractivity contribution in [2.45, 2.75) is 26.3 Å². The minimum absolute atomic E-state index is 0.279. The van der Waals surface area contributed by atoms with Gasteiger partial charge in [-0.3, -0.25) is 0 Å². The van der Waals surface area contributed by atoms with Crippen LogP contribution in [-0.4, -0.2) is 24.1 Å². The number of ether oxygens (including phenoxy) is 1. The van der Waals surface area contributed by atoms with E-state index in [2.05, 4.69) is 23.8 Å². The van der Waals surface area contributed by atoms with Crippen LogP contribution in [0.5, 0.6) is 5.75 Å². The molecular formula is C16H22N4O. The summed E-state index contributed by atoms with van der Waals surface area (Å²) in [6.07, 6.45) is 1.83. The Bertz CT molecular complexity index is 613. The quantitative estimate of drug-likeness (QED) is 0.915.